The van der Waals surface area contributed by atoms with Crippen molar-refractivity contribution in [1.82, 2.24) is 5.32 Å². The molecule has 2 saturated carbocycles. The molecule has 94 valence electrons. The van der Waals surface area contributed by atoms with E-state index in [0.29, 0.717) is 6.04 Å². The van der Waals surface area contributed by atoms with Gasteiger partial charge in [0.25, 0.3) is 0 Å². The molecule has 1 heterocycles. The molecule has 3 rings (SSSR count). The molecule has 4 atom stereocenters. The van der Waals surface area contributed by atoms with E-state index in [0.717, 1.165) is 35.8 Å². The van der Waals surface area contributed by atoms with Gasteiger partial charge >= 0.3 is 0 Å². The Morgan fingerprint density at radius 2 is 2.24 bits per heavy atom. The molecule has 0 saturated heterocycles. The fraction of sp³-hybridized carbons (Fsp3) is 0.733. The maximum Gasteiger partial charge on any atom is 0.121 e. The molecule has 4 unspecified atom stereocenters. The summed E-state index contributed by atoms with van der Waals surface area (Å²) in [7, 11) is 0. The Bertz CT molecular complexity index is 384. The molecule has 2 heteroatoms. The topological polar surface area (TPSA) is 25.2 Å². The lowest BCUT2D eigenvalue weighted by atomic mass is 9.82. The van der Waals surface area contributed by atoms with E-state index < -0.39 is 0 Å². The molecule has 2 fully saturated rings. The van der Waals surface area contributed by atoms with Crippen molar-refractivity contribution in [2.75, 3.05) is 6.54 Å². The van der Waals surface area contributed by atoms with Gasteiger partial charge in [-0.3, -0.25) is 0 Å². The number of nitrogens with one attached hydrogen (secondary N) is 1. The fourth-order valence-electron chi connectivity index (χ4n) is 4.01. The Morgan fingerprint density at radius 1 is 1.35 bits per heavy atom. The predicted molar refractivity (Wildman–Crippen MR) is 68.8 cm³/mol. The van der Waals surface area contributed by atoms with Gasteiger partial charge < -0.3 is 9.73 Å². The average Bonchev–Trinajstić information content (AvgIpc) is 3.01. The van der Waals surface area contributed by atoms with Crippen molar-refractivity contribution < 1.29 is 4.42 Å². The molecular weight excluding hydrogens is 210 g/mol. The van der Waals surface area contributed by atoms with Crippen LogP contribution in [0.2, 0.25) is 0 Å². The summed E-state index contributed by atoms with van der Waals surface area (Å²) in [6.45, 7) is 5.25. The zero-order valence-electron chi connectivity index (χ0n) is 10.9. The molecule has 2 aliphatic rings. The summed E-state index contributed by atoms with van der Waals surface area (Å²) in [5.74, 6) is 4.93. The molecule has 0 radical (unpaired) electrons. The molecule has 1 N–H and O–H groups in total. The third-order valence-electron chi connectivity index (χ3n) is 4.71. The highest BCUT2D eigenvalue weighted by Crippen LogP contribution is 2.52. The van der Waals surface area contributed by atoms with E-state index in [4.69, 9.17) is 4.42 Å². The van der Waals surface area contributed by atoms with Gasteiger partial charge in [0.15, 0.2) is 0 Å². The predicted octanol–water partition coefficient (Wildman–Crippen LogP) is 3.67. The summed E-state index contributed by atoms with van der Waals surface area (Å²) in [6.07, 6.45) is 5.78. The summed E-state index contributed by atoms with van der Waals surface area (Å²) in [6, 6.07) is 4.70. The van der Waals surface area contributed by atoms with E-state index in [1.165, 1.54) is 25.7 Å². The molecule has 17 heavy (non-hydrogen) atoms. The van der Waals surface area contributed by atoms with Crippen LogP contribution in [0, 0.1) is 24.7 Å². The lowest BCUT2D eigenvalue weighted by Crippen LogP contribution is -2.31. The normalized spacial score (nSPS) is 33.2. The van der Waals surface area contributed by atoms with Crippen molar-refractivity contribution in [2.24, 2.45) is 17.8 Å². The maximum absolute atomic E-state index is 5.86. The number of rotatable bonds is 4. The van der Waals surface area contributed by atoms with Crippen LogP contribution in [0.15, 0.2) is 16.5 Å². The molecule has 2 bridgehead atoms. The first-order valence-electron chi connectivity index (χ1n) is 7.07. The number of hydrogen-bond acceptors (Lipinski definition) is 2. The number of furan rings is 1. The van der Waals surface area contributed by atoms with Gasteiger partial charge in [0, 0.05) is 0 Å². The minimum absolute atomic E-state index is 0.448. The summed E-state index contributed by atoms with van der Waals surface area (Å²) in [5.41, 5.74) is 0. The van der Waals surface area contributed by atoms with Crippen molar-refractivity contribution >= 4 is 0 Å². The molecule has 1 aromatic heterocycles. The van der Waals surface area contributed by atoms with Crippen LogP contribution in [0.4, 0.5) is 0 Å². The highest BCUT2D eigenvalue weighted by atomic mass is 16.3. The third-order valence-corrected chi connectivity index (χ3v) is 4.71. The molecule has 0 spiro atoms. The second kappa shape index (κ2) is 4.49. The highest BCUT2D eigenvalue weighted by molar-refractivity contribution is 5.13. The summed E-state index contributed by atoms with van der Waals surface area (Å²) in [5, 5.41) is 3.65. The lowest BCUT2D eigenvalue weighted by Gasteiger charge is -2.29. The van der Waals surface area contributed by atoms with Gasteiger partial charge in [-0.05, 0) is 62.6 Å². The number of fused-ring (bicyclic) bond motifs is 2. The first-order chi connectivity index (χ1) is 8.28. The molecule has 0 aliphatic heterocycles. The van der Waals surface area contributed by atoms with Crippen LogP contribution >= 0.6 is 0 Å². The van der Waals surface area contributed by atoms with E-state index in [9.17, 15) is 0 Å². The van der Waals surface area contributed by atoms with Gasteiger partial charge in [0.1, 0.15) is 11.5 Å². The standard InChI is InChI=1S/C15H23NO/c1-3-16-15(14-7-4-10(2)17-14)13-9-11-5-6-12(13)8-11/h4,7,11-13,15-16H,3,5-6,8-9H2,1-2H3. The molecule has 0 amide bonds. The van der Waals surface area contributed by atoms with Crippen LogP contribution < -0.4 is 5.32 Å². The summed E-state index contributed by atoms with van der Waals surface area (Å²) < 4.78 is 5.86. The highest BCUT2D eigenvalue weighted by Gasteiger charge is 2.44. The van der Waals surface area contributed by atoms with E-state index >= 15 is 0 Å². The summed E-state index contributed by atoms with van der Waals surface area (Å²) in [4.78, 5) is 0. The average molecular weight is 233 g/mol. The van der Waals surface area contributed by atoms with Crippen LogP contribution in [0.3, 0.4) is 0 Å². The minimum atomic E-state index is 0.448. The molecule has 2 aliphatic carbocycles. The van der Waals surface area contributed by atoms with Crippen LogP contribution in [-0.2, 0) is 0 Å². The second-order valence-electron chi connectivity index (χ2n) is 5.82. The Balaban J connectivity index is 1.80. The molecule has 2 nitrogen and oxygen atoms in total. The van der Waals surface area contributed by atoms with Gasteiger partial charge in [-0.2, -0.15) is 0 Å². The minimum Gasteiger partial charge on any atom is -0.465 e. The zero-order valence-corrected chi connectivity index (χ0v) is 10.9. The molecule has 0 aromatic carbocycles. The SMILES string of the molecule is CCNC(c1ccc(C)o1)C1CC2CCC1C2. The Labute approximate surface area is 104 Å². The Hall–Kier alpha value is -0.760. The van der Waals surface area contributed by atoms with Gasteiger partial charge in [-0.15, -0.1) is 0 Å². The van der Waals surface area contributed by atoms with E-state index in [1.54, 1.807) is 0 Å². The second-order valence-corrected chi connectivity index (χ2v) is 5.82. The van der Waals surface area contributed by atoms with Crippen molar-refractivity contribution in [3.63, 3.8) is 0 Å². The quantitative estimate of drug-likeness (QED) is 0.858. The molecular formula is C15H23NO. The maximum atomic E-state index is 5.86. The van der Waals surface area contributed by atoms with Crippen LogP contribution in [-0.4, -0.2) is 6.54 Å². The van der Waals surface area contributed by atoms with Crippen molar-refractivity contribution in [1.29, 1.82) is 0 Å². The first kappa shape index (κ1) is 11.3. The van der Waals surface area contributed by atoms with Gasteiger partial charge in [-0.25, -0.2) is 0 Å². The third kappa shape index (κ3) is 2.03. The Morgan fingerprint density at radius 3 is 2.76 bits per heavy atom. The first-order valence-corrected chi connectivity index (χ1v) is 7.07. The van der Waals surface area contributed by atoms with Crippen molar-refractivity contribution in [3.05, 3.63) is 23.7 Å². The van der Waals surface area contributed by atoms with Crippen molar-refractivity contribution in [3.8, 4) is 0 Å². The van der Waals surface area contributed by atoms with Crippen LogP contribution in [0.1, 0.15) is 50.2 Å². The van der Waals surface area contributed by atoms with E-state index in [1.807, 2.05) is 6.92 Å². The van der Waals surface area contributed by atoms with Gasteiger partial charge in [0.2, 0.25) is 0 Å². The monoisotopic (exact) mass is 233 g/mol. The molecule has 1 aromatic rings. The Kier molecular flexibility index (Phi) is 2.99. The zero-order chi connectivity index (χ0) is 11.8. The fourth-order valence-corrected chi connectivity index (χ4v) is 4.01. The lowest BCUT2D eigenvalue weighted by molar-refractivity contribution is 0.226. The van der Waals surface area contributed by atoms with Crippen LogP contribution in [0.25, 0.3) is 0 Å². The van der Waals surface area contributed by atoms with Gasteiger partial charge in [0.05, 0.1) is 6.04 Å². The van der Waals surface area contributed by atoms with E-state index in [2.05, 4.69) is 24.4 Å². The van der Waals surface area contributed by atoms with Crippen LogP contribution in [0.5, 0.6) is 0 Å². The summed E-state index contributed by atoms with van der Waals surface area (Å²) >= 11 is 0. The number of hydrogen-bond donors (Lipinski definition) is 1. The largest absolute Gasteiger partial charge is 0.465 e. The van der Waals surface area contributed by atoms with Crippen molar-refractivity contribution in [2.45, 2.75) is 45.6 Å². The van der Waals surface area contributed by atoms with E-state index in [-0.39, 0.29) is 0 Å². The number of aryl methyl sites for hydroxylation is 1. The smallest absolute Gasteiger partial charge is 0.121 e. The van der Waals surface area contributed by atoms with Gasteiger partial charge in [-0.1, -0.05) is 13.3 Å².